The first kappa shape index (κ1) is 15.4. The van der Waals surface area contributed by atoms with E-state index in [1.165, 1.54) is 5.56 Å². The maximum absolute atomic E-state index is 5.91. The first-order valence-electron chi connectivity index (χ1n) is 6.83. The maximum atomic E-state index is 5.91. The quantitative estimate of drug-likeness (QED) is 0.807. The molecular formula is C18H18ClNO. The van der Waals surface area contributed by atoms with Gasteiger partial charge in [0.15, 0.2) is 0 Å². The molecule has 0 saturated carbocycles. The minimum Gasteiger partial charge on any atom is -0.481 e. The Bertz CT molecular complexity index is 616. The average molecular weight is 300 g/mol. The molecule has 21 heavy (non-hydrogen) atoms. The molecule has 0 aliphatic heterocycles. The summed E-state index contributed by atoms with van der Waals surface area (Å²) in [5.41, 5.74) is 2.29. The van der Waals surface area contributed by atoms with Crippen molar-refractivity contribution in [3.63, 3.8) is 0 Å². The van der Waals surface area contributed by atoms with E-state index in [2.05, 4.69) is 18.2 Å². The maximum Gasteiger partial charge on any atom is 0.148 e. The Morgan fingerprint density at radius 1 is 1.19 bits per heavy atom. The second-order valence-corrected chi connectivity index (χ2v) is 5.19. The first-order chi connectivity index (χ1) is 10.2. The molecule has 1 unspecified atom stereocenters. The lowest BCUT2D eigenvalue weighted by atomic mass is 10.1. The van der Waals surface area contributed by atoms with Gasteiger partial charge in [-0.2, -0.15) is 0 Å². The van der Waals surface area contributed by atoms with Gasteiger partial charge < -0.3 is 10.1 Å². The van der Waals surface area contributed by atoms with Gasteiger partial charge in [-0.25, -0.2) is 0 Å². The molecule has 2 nitrogen and oxygen atoms in total. The second-order valence-electron chi connectivity index (χ2n) is 4.75. The fourth-order valence-electron chi connectivity index (χ4n) is 2.04. The summed E-state index contributed by atoms with van der Waals surface area (Å²) >= 11 is 5.91. The molecule has 0 saturated heterocycles. The van der Waals surface area contributed by atoms with Crippen LogP contribution < -0.4 is 10.1 Å². The standard InChI is InChI=1S/C18H18ClNO/c1-3-12-21-18-7-5-4-6-16(18)13-20-14(2)15-8-10-17(19)11-9-15/h1,4-11,14,20H,12-13H2,2H3. The Labute approximate surface area is 131 Å². The summed E-state index contributed by atoms with van der Waals surface area (Å²) < 4.78 is 5.55. The molecule has 0 aliphatic rings. The Morgan fingerprint density at radius 2 is 1.90 bits per heavy atom. The lowest BCUT2D eigenvalue weighted by Crippen LogP contribution is -2.18. The van der Waals surface area contributed by atoms with E-state index in [0.717, 1.165) is 16.3 Å². The van der Waals surface area contributed by atoms with E-state index in [1.807, 2.05) is 48.5 Å². The van der Waals surface area contributed by atoms with E-state index < -0.39 is 0 Å². The van der Waals surface area contributed by atoms with Crippen molar-refractivity contribution in [2.24, 2.45) is 0 Å². The fraction of sp³-hybridized carbons (Fsp3) is 0.222. The zero-order chi connectivity index (χ0) is 15.1. The van der Waals surface area contributed by atoms with Gasteiger partial charge in [0.05, 0.1) is 0 Å². The number of hydrogen-bond donors (Lipinski definition) is 1. The molecule has 0 radical (unpaired) electrons. The molecule has 0 aliphatic carbocycles. The Balaban J connectivity index is 1.99. The van der Waals surface area contributed by atoms with Crippen LogP contribution in [0.4, 0.5) is 0 Å². The normalized spacial score (nSPS) is 11.7. The molecule has 0 spiro atoms. The molecule has 0 aromatic heterocycles. The molecular weight excluding hydrogens is 282 g/mol. The van der Waals surface area contributed by atoms with Crippen LogP contribution in [0.25, 0.3) is 0 Å². The summed E-state index contributed by atoms with van der Waals surface area (Å²) in [6.07, 6.45) is 5.24. The number of halogens is 1. The molecule has 0 bridgehead atoms. The minimum atomic E-state index is 0.225. The van der Waals surface area contributed by atoms with E-state index in [1.54, 1.807) is 0 Å². The average Bonchev–Trinajstić information content (AvgIpc) is 2.52. The van der Waals surface area contributed by atoms with Crippen molar-refractivity contribution in [1.82, 2.24) is 5.32 Å². The number of rotatable bonds is 6. The fourth-order valence-corrected chi connectivity index (χ4v) is 2.17. The van der Waals surface area contributed by atoms with Crippen LogP contribution in [-0.4, -0.2) is 6.61 Å². The number of benzene rings is 2. The number of ether oxygens (including phenoxy) is 1. The third-order valence-corrected chi connectivity index (χ3v) is 3.50. The van der Waals surface area contributed by atoms with Crippen LogP contribution in [0.5, 0.6) is 5.75 Å². The summed E-state index contributed by atoms with van der Waals surface area (Å²) in [6, 6.07) is 16.0. The van der Waals surface area contributed by atoms with Gasteiger partial charge in [0.25, 0.3) is 0 Å². The highest BCUT2D eigenvalue weighted by Gasteiger charge is 2.07. The molecule has 0 heterocycles. The van der Waals surface area contributed by atoms with Crippen LogP contribution >= 0.6 is 11.6 Å². The van der Waals surface area contributed by atoms with Gasteiger partial charge in [-0.05, 0) is 30.7 Å². The Morgan fingerprint density at radius 3 is 2.62 bits per heavy atom. The summed E-state index contributed by atoms with van der Waals surface area (Å²) in [6.45, 7) is 3.11. The van der Waals surface area contributed by atoms with Crippen molar-refractivity contribution in [2.75, 3.05) is 6.61 Å². The third kappa shape index (κ3) is 4.53. The van der Waals surface area contributed by atoms with Crippen molar-refractivity contribution < 1.29 is 4.74 Å². The van der Waals surface area contributed by atoms with Crippen LogP contribution in [0.15, 0.2) is 48.5 Å². The van der Waals surface area contributed by atoms with E-state index in [0.29, 0.717) is 6.54 Å². The zero-order valence-electron chi connectivity index (χ0n) is 12.0. The predicted molar refractivity (Wildman–Crippen MR) is 87.5 cm³/mol. The highest BCUT2D eigenvalue weighted by molar-refractivity contribution is 6.30. The molecule has 1 N–H and O–H groups in total. The SMILES string of the molecule is C#CCOc1ccccc1CNC(C)c1ccc(Cl)cc1. The van der Waals surface area contributed by atoms with Crippen molar-refractivity contribution in [1.29, 1.82) is 0 Å². The van der Waals surface area contributed by atoms with Crippen LogP contribution in [0.1, 0.15) is 24.1 Å². The minimum absolute atomic E-state index is 0.225. The molecule has 0 fully saturated rings. The largest absolute Gasteiger partial charge is 0.481 e. The lowest BCUT2D eigenvalue weighted by Gasteiger charge is -2.16. The Hall–Kier alpha value is -1.95. The molecule has 2 rings (SSSR count). The predicted octanol–water partition coefficient (Wildman–Crippen LogP) is 4.20. The van der Waals surface area contributed by atoms with Crippen molar-refractivity contribution in [3.05, 3.63) is 64.7 Å². The van der Waals surface area contributed by atoms with Crippen molar-refractivity contribution >= 4 is 11.6 Å². The molecule has 0 amide bonds. The highest BCUT2D eigenvalue weighted by Crippen LogP contribution is 2.20. The monoisotopic (exact) mass is 299 g/mol. The van der Waals surface area contributed by atoms with E-state index >= 15 is 0 Å². The number of terminal acetylenes is 1. The van der Waals surface area contributed by atoms with Crippen molar-refractivity contribution in [2.45, 2.75) is 19.5 Å². The number of para-hydroxylation sites is 1. The number of nitrogens with one attached hydrogen (secondary N) is 1. The smallest absolute Gasteiger partial charge is 0.148 e. The van der Waals surface area contributed by atoms with Crippen LogP contribution in [-0.2, 0) is 6.54 Å². The molecule has 108 valence electrons. The summed E-state index contributed by atoms with van der Waals surface area (Å²) in [5, 5.41) is 4.23. The lowest BCUT2D eigenvalue weighted by molar-refractivity contribution is 0.364. The van der Waals surface area contributed by atoms with Crippen molar-refractivity contribution in [3.8, 4) is 18.1 Å². The van der Waals surface area contributed by atoms with Gasteiger partial charge in [-0.15, -0.1) is 6.42 Å². The van der Waals surface area contributed by atoms with Gasteiger partial charge >= 0.3 is 0 Å². The van der Waals surface area contributed by atoms with Gasteiger partial charge in [0.2, 0.25) is 0 Å². The van der Waals surface area contributed by atoms with Gasteiger partial charge in [-0.3, -0.25) is 0 Å². The topological polar surface area (TPSA) is 21.3 Å². The molecule has 2 aromatic carbocycles. The summed E-state index contributed by atoms with van der Waals surface area (Å²) in [5.74, 6) is 3.31. The number of hydrogen-bond acceptors (Lipinski definition) is 2. The highest BCUT2D eigenvalue weighted by atomic mass is 35.5. The van der Waals surface area contributed by atoms with E-state index in [9.17, 15) is 0 Å². The van der Waals surface area contributed by atoms with Crippen LogP contribution in [0, 0.1) is 12.3 Å². The molecule has 2 aromatic rings. The zero-order valence-corrected chi connectivity index (χ0v) is 12.7. The molecule has 1 atom stereocenters. The van der Waals surface area contributed by atoms with Crippen LogP contribution in [0.3, 0.4) is 0 Å². The first-order valence-corrected chi connectivity index (χ1v) is 7.21. The van der Waals surface area contributed by atoms with E-state index in [4.69, 9.17) is 22.8 Å². The third-order valence-electron chi connectivity index (χ3n) is 3.25. The van der Waals surface area contributed by atoms with Gasteiger partial charge in [-0.1, -0.05) is 47.9 Å². The van der Waals surface area contributed by atoms with E-state index in [-0.39, 0.29) is 12.6 Å². The molecule has 3 heteroatoms. The summed E-state index contributed by atoms with van der Waals surface area (Å²) in [4.78, 5) is 0. The van der Waals surface area contributed by atoms with Gasteiger partial charge in [0.1, 0.15) is 12.4 Å². The van der Waals surface area contributed by atoms with Crippen LogP contribution in [0.2, 0.25) is 5.02 Å². The second kappa shape index (κ2) is 7.73. The van der Waals surface area contributed by atoms with Gasteiger partial charge in [0, 0.05) is 23.2 Å². The summed E-state index contributed by atoms with van der Waals surface area (Å²) in [7, 11) is 0. The Kier molecular flexibility index (Phi) is 5.68.